The van der Waals surface area contributed by atoms with Gasteiger partial charge in [-0.25, -0.2) is 0 Å². The SMILES string of the molecule is CC/C=C\C/C=C\C/C=C\CCCCCC(=O)OCC(COC1OC(CS(=O)(=O)O)C(O)C(O)C1O)OC(=O)CCCCCCCC/C=C\C/C=C\C/C=C\CCCCC. The summed E-state index contributed by atoms with van der Waals surface area (Å²) in [5.74, 6) is -2.05. The number of aliphatic hydroxyl groups is 3. The highest BCUT2D eigenvalue weighted by molar-refractivity contribution is 7.85. The number of hydrogen-bond acceptors (Lipinski definition) is 11. The average molecular weight is 867 g/mol. The zero-order valence-corrected chi connectivity index (χ0v) is 37.3. The Morgan fingerprint density at radius 1 is 0.583 bits per heavy atom. The van der Waals surface area contributed by atoms with E-state index in [9.17, 15) is 37.9 Å². The number of aliphatic hydroxyl groups excluding tert-OH is 3. The maximum absolute atomic E-state index is 12.8. The third-order valence-corrected chi connectivity index (χ3v) is 10.5. The molecule has 0 aromatic rings. The molecule has 13 heteroatoms. The zero-order chi connectivity index (χ0) is 44.1. The number of esters is 2. The van der Waals surface area contributed by atoms with E-state index in [2.05, 4.69) is 86.8 Å². The van der Waals surface area contributed by atoms with Crippen LogP contribution in [0.4, 0.5) is 0 Å². The first-order valence-electron chi connectivity index (χ1n) is 22.5. The molecule has 60 heavy (non-hydrogen) atoms. The van der Waals surface area contributed by atoms with Crippen molar-refractivity contribution in [2.45, 2.75) is 192 Å². The second kappa shape index (κ2) is 36.7. The molecule has 0 aromatic heterocycles. The molecule has 0 spiro atoms. The number of unbranched alkanes of at least 4 members (excludes halogenated alkanes) is 12. The van der Waals surface area contributed by atoms with Crippen LogP contribution in [0.25, 0.3) is 0 Å². The number of ether oxygens (including phenoxy) is 4. The highest BCUT2D eigenvalue weighted by Gasteiger charge is 2.46. The Balaban J connectivity index is 2.47. The summed E-state index contributed by atoms with van der Waals surface area (Å²) in [7, 11) is -4.61. The van der Waals surface area contributed by atoms with Gasteiger partial charge in [0.05, 0.1) is 6.61 Å². The smallest absolute Gasteiger partial charge is 0.306 e. The molecule has 0 amide bonds. The third kappa shape index (κ3) is 31.0. The summed E-state index contributed by atoms with van der Waals surface area (Å²) < 4.78 is 54.0. The predicted octanol–water partition coefficient (Wildman–Crippen LogP) is 9.11. The molecule has 4 N–H and O–H groups in total. The Kier molecular flexibility index (Phi) is 33.7. The molecule has 1 aliphatic heterocycles. The van der Waals surface area contributed by atoms with Crippen molar-refractivity contribution in [2.24, 2.45) is 0 Å². The van der Waals surface area contributed by atoms with E-state index in [4.69, 9.17) is 18.9 Å². The summed E-state index contributed by atoms with van der Waals surface area (Å²) in [6.07, 6.45) is 36.6. The Morgan fingerprint density at radius 2 is 1.05 bits per heavy atom. The lowest BCUT2D eigenvalue weighted by Crippen LogP contribution is -2.60. The van der Waals surface area contributed by atoms with Gasteiger partial charge < -0.3 is 34.3 Å². The van der Waals surface area contributed by atoms with Gasteiger partial charge in [0, 0.05) is 12.8 Å². The molecule has 0 bridgehead atoms. The maximum Gasteiger partial charge on any atom is 0.306 e. The van der Waals surface area contributed by atoms with E-state index in [0.29, 0.717) is 12.8 Å². The van der Waals surface area contributed by atoms with E-state index in [1.165, 1.54) is 25.7 Å². The normalized spacial score (nSPS) is 20.8. The Bertz CT molecular complexity index is 1390. The molecule has 1 heterocycles. The van der Waals surface area contributed by atoms with Gasteiger partial charge in [0.15, 0.2) is 12.4 Å². The fourth-order valence-electron chi connectivity index (χ4n) is 6.28. The van der Waals surface area contributed by atoms with Gasteiger partial charge in [-0.2, -0.15) is 8.42 Å². The van der Waals surface area contributed by atoms with Crippen LogP contribution >= 0.6 is 0 Å². The molecule has 0 radical (unpaired) electrons. The number of rotatable bonds is 36. The van der Waals surface area contributed by atoms with Crippen LogP contribution in [0.2, 0.25) is 0 Å². The summed E-state index contributed by atoms with van der Waals surface area (Å²) in [6, 6.07) is 0. The summed E-state index contributed by atoms with van der Waals surface area (Å²) in [5, 5.41) is 30.9. The molecule has 12 nitrogen and oxygen atoms in total. The highest BCUT2D eigenvalue weighted by Crippen LogP contribution is 2.24. The first kappa shape index (κ1) is 55.1. The number of allylic oxidation sites excluding steroid dienone is 12. The number of carbonyl (C=O) groups excluding carboxylic acids is 2. The van der Waals surface area contributed by atoms with Crippen LogP contribution in [0.15, 0.2) is 72.9 Å². The van der Waals surface area contributed by atoms with Gasteiger partial charge in [-0.15, -0.1) is 0 Å². The van der Waals surface area contributed by atoms with E-state index in [-0.39, 0.29) is 19.4 Å². The number of hydrogen-bond donors (Lipinski definition) is 4. The van der Waals surface area contributed by atoms with Crippen molar-refractivity contribution in [3.8, 4) is 0 Å². The van der Waals surface area contributed by atoms with Gasteiger partial charge in [0.2, 0.25) is 0 Å². The topological polar surface area (TPSA) is 186 Å². The summed E-state index contributed by atoms with van der Waals surface area (Å²) >= 11 is 0. The monoisotopic (exact) mass is 867 g/mol. The highest BCUT2D eigenvalue weighted by atomic mass is 32.2. The standard InChI is InChI=1S/C47H78O12S/c1-3-5-7-9-11-13-15-17-18-19-20-21-22-24-26-28-30-32-34-36-43(49)58-40(38-57-47-46(52)45(51)44(50)41(59-47)39-60(53,54)55)37-56-42(48)35-33-31-29-27-25-23-16-14-12-10-8-6-4-2/h6,8,11-14,17-18,20-21,23,25,40-41,44-47,50-52H,3-5,7,9-10,15-16,19,22,24,26-39H2,1-2H3,(H,53,54,55)/b8-6-,13-11-,14-12-,18-17-,21-20-,25-23-. The van der Waals surface area contributed by atoms with E-state index >= 15 is 0 Å². The lowest BCUT2D eigenvalue weighted by Gasteiger charge is -2.40. The second-order valence-corrected chi connectivity index (χ2v) is 16.8. The molecule has 1 aliphatic rings. The minimum absolute atomic E-state index is 0.139. The van der Waals surface area contributed by atoms with Gasteiger partial charge in [0.25, 0.3) is 10.1 Å². The second-order valence-electron chi connectivity index (χ2n) is 15.3. The molecule has 1 saturated heterocycles. The van der Waals surface area contributed by atoms with Crippen LogP contribution in [0.1, 0.15) is 155 Å². The summed E-state index contributed by atoms with van der Waals surface area (Å²) in [5.41, 5.74) is 0. The third-order valence-electron chi connectivity index (χ3n) is 9.77. The van der Waals surface area contributed by atoms with Crippen LogP contribution in [0.5, 0.6) is 0 Å². The van der Waals surface area contributed by atoms with Crippen molar-refractivity contribution in [3.05, 3.63) is 72.9 Å². The van der Waals surface area contributed by atoms with Crippen molar-refractivity contribution in [2.75, 3.05) is 19.0 Å². The molecule has 0 saturated carbocycles. The number of carbonyl (C=O) groups is 2. The van der Waals surface area contributed by atoms with E-state index in [1.807, 2.05) is 0 Å². The molecule has 0 aliphatic carbocycles. The minimum Gasteiger partial charge on any atom is -0.462 e. The van der Waals surface area contributed by atoms with Crippen molar-refractivity contribution in [1.82, 2.24) is 0 Å². The van der Waals surface area contributed by atoms with Crippen LogP contribution in [0, 0.1) is 0 Å². The molecule has 344 valence electrons. The molecule has 6 unspecified atom stereocenters. The van der Waals surface area contributed by atoms with Crippen molar-refractivity contribution < 1.29 is 56.8 Å². The van der Waals surface area contributed by atoms with Crippen LogP contribution in [0.3, 0.4) is 0 Å². The summed E-state index contributed by atoms with van der Waals surface area (Å²) in [4.78, 5) is 25.4. The Morgan fingerprint density at radius 3 is 1.58 bits per heavy atom. The molecular weight excluding hydrogens is 789 g/mol. The van der Waals surface area contributed by atoms with Gasteiger partial charge in [-0.3, -0.25) is 14.1 Å². The van der Waals surface area contributed by atoms with Crippen molar-refractivity contribution >= 4 is 22.1 Å². The largest absolute Gasteiger partial charge is 0.462 e. The van der Waals surface area contributed by atoms with Crippen molar-refractivity contribution in [3.63, 3.8) is 0 Å². The van der Waals surface area contributed by atoms with Gasteiger partial charge in [-0.1, -0.05) is 132 Å². The van der Waals surface area contributed by atoms with Gasteiger partial charge >= 0.3 is 11.9 Å². The van der Waals surface area contributed by atoms with Crippen LogP contribution in [-0.2, 0) is 38.7 Å². The predicted molar refractivity (Wildman–Crippen MR) is 238 cm³/mol. The maximum atomic E-state index is 12.8. The minimum atomic E-state index is -4.61. The molecule has 1 fully saturated rings. The van der Waals surface area contributed by atoms with Crippen molar-refractivity contribution in [1.29, 1.82) is 0 Å². The van der Waals surface area contributed by atoms with E-state index in [1.54, 1.807) is 0 Å². The molecular formula is C47H78O12S. The fourth-order valence-corrected chi connectivity index (χ4v) is 6.98. The van der Waals surface area contributed by atoms with E-state index in [0.717, 1.165) is 89.9 Å². The first-order chi connectivity index (χ1) is 29.0. The molecule has 1 rings (SSSR count). The Hall–Kier alpha value is -2.91. The average Bonchev–Trinajstić information content (AvgIpc) is 3.21. The fraction of sp³-hybridized carbons (Fsp3) is 0.702. The van der Waals surface area contributed by atoms with Crippen LogP contribution < -0.4 is 0 Å². The molecule has 0 aromatic carbocycles. The summed E-state index contributed by atoms with van der Waals surface area (Å²) in [6.45, 7) is 3.56. The van der Waals surface area contributed by atoms with Gasteiger partial charge in [-0.05, 0) is 83.5 Å². The van der Waals surface area contributed by atoms with Crippen LogP contribution in [-0.4, -0.2) is 96.0 Å². The first-order valence-corrected chi connectivity index (χ1v) is 24.1. The Labute approximate surface area is 361 Å². The van der Waals surface area contributed by atoms with Gasteiger partial charge in [0.1, 0.15) is 36.8 Å². The molecule has 6 atom stereocenters. The lowest BCUT2D eigenvalue weighted by molar-refractivity contribution is -0.297. The quantitative estimate of drug-likeness (QED) is 0.0203. The lowest BCUT2D eigenvalue weighted by atomic mass is 10.00. The zero-order valence-electron chi connectivity index (χ0n) is 36.5. The van der Waals surface area contributed by atoms with E-state index < -0.39 is 71.2 Å².